The van der Waals surface area contributed by atoms with E-state index in [0.717, 1.165) is 11.3 Å². The molecule has 0 aliphatic carbocycles. The van der Waals surface area contributed by atoms with Crippen molar-refractivity contribution in [3.05, 3.63) is 53.1 Å². The monoisotopic (exact) mass is 519 g/mol. The van der Waals surface area contributed by atoms with Gasteiger partial charge in [0.15, 0.2) is 17.5 Å². The first-order valence-corrected chi connectivity index (χ1v) is 9.01. The number of aliphatic imine (C=N–C) groups is 1. The second-order valence-corrected chi connectivity index (χ2v) is 6.32. The molecule has 0 spiro atoms. The lowest BCUT2D eigenvalue weighted by molar-refractivity contribution is 0.224. The lowest BCUT2D eigenvalue weighted by atomic mass is 10.2. The Morgan fingerprint density at radius 2 is 1.82 bits per heavy atom. The summed E-state index contributed by atoms with van der Waals surface area (Å²) in [5, 5.41) is 7.17. The van der Waals surface area contributed by atoms with E-state index in [1.54, 1.807) is 27.3 Å². The molecule has 8 heteroatoms. The van der Waals surface area contributed by atoms with Crippen molar-refractivity contribution in [1.29, 1.82) is 0 Å². The van der Waals surface area contributed by atoms with Gasteiger partial charge in [-0.15, -0.1) is 24.0 Å². The lowest BCUT2D eigenvalue weighted by Crippen LogP contribution is -2.41. The van der Waals surface area contributed by atoms with Gasteiger partial charge in [0.25, 0.3) is 0 Å². The van der Waals surface area contributed by atoms with E-state index in [1.165, 1.54) is 0 Å². The van der Waals surface area contributed by atoms with Crippen LogP contribution in [0.2, 0.25) is 5.02 Å². The molecule has 2 aromatic rings. The number of nitrogens with one attached hydrogen (secondary N) is 2. The molecule has 0 fully saturated rings. The first-order chi connectivity index (χ1) is 13.0. The second-order valence-electron chi connectivity index (χ2n) is 5.88. The van der Waals surface area contributed by atoms with Crippen molar-refractivity contribution < 1.29 is 14.2 Å². The number of methoxy groups -OCH3 is 2. The standard InChI is InChI=1S/C20H26ClN3O3.HI/c1-14(27-17-7-5-6-16(21)11-17)12-23-20(22-2)24-13-15-8-9-18(25-3)19(10-15)26-4;/h5-11,14H,12-13H2,1-4H3,(H2,22,23,24);1H. The van der Waals surface area contributed by atoms with Gasteiger partial charge in [0.2, 0.25) is 0 Å². The van der Waals surface area contributed by atoms with Crippen LogP contribution >= 0.6 is 35.6 Å². The largest absolute Gasteiger partial charge is 0.493 e. The summed E-state index contributed by atoms with van der Waals surface area (Å²) in [5.74, 6) is 2.83. The third-order valence-electron chi connectivity index (χ3n) is 3.82. The van der Waals surface area contributed by atoms with Crippen LogP contribution < -0.4 is 24.8 Å². The molecule has 154 valence electrons. The van der Waals surface area contributed by atoms with E-state index in [9.17, 15) is 0 Å². The van der Waals surface area contributed by atoms with Crippen molar-refractivity contribution >= 4 is 41.5 Å². The average molecular weight is 520 g/mol. The molecule has 2 N–H and O–H groups in total. The number of hydrogen-bond donors (Lipinski definition) is 2. The molecule has 6 nitrogen and oxygen atoms in total. The Bertz CT molecular complexity index is 774. The van der Waals surface area contributed by atoms with E-state index < -0.39 is 0 Å². The maximum atomic E-state index is 5.98. The number of benzene rings is 2. The summed E-state index contributed by atoms with van der Waals surface area (Å²) in [5.41, 5.74) is 1.05. The van der Waals surface area contributed by atoms with E-state index in [2.05, 4.69) is 15.6 Å². The zero-order chi connectivity index (χ0) is 19.6. The van der Waals surface area contributed by atoms with Crippen molar-refractivity contribution in [2.75, 3.05) is 27.8 Å². The van der Waals surface area contributed by atoms with Crippen molar-refractivity contribution in [2.45, 2.75) is 19.6 Å². The van der Waals surface area contributed by atoms with E-state index in [0.29, 0.717) is 35.6 Å². The Hall–Kier alpha value is -1.87. The number of hydrogen-bond acceptors (Lipinski definition) is 4. The molecule has 28 heavy (non-hydrogen) atoms. The third-order valence-corrected chi connectivity index (χ3v) is 4.06. The van der Waals surface area contributed by atoms with Gasteiger partial charge < -0.3 is 24.8 Å². The highest BCUT2D eigenvalue weighted by Gasteiger charge is 2.08. The van der Waals surface area contributed by atoms with Gasteiger partial charge >= 0.3 is 0 Å². The lowest BCUT2D eigenvalue weighted by Gasteiger charge is -2.18. The van der Waals surface area contributed by atoms with Crippen molar-refractivity contribution in [3.8, 4) is 17.2 Å². The van der Waals surface area contributed by atoms with Gasteiger partial charge in [-0.1, -0.05) is 23.7 Å². The summed E-state index contributed by atoms with van der Waals surface area (Å²) >= 11 is 5.98. The SMILES string of the molecule is CN=C(NCc1ccc(OC)c(OC)c1)NCC(C)Oc1cccc(Cl)c1.I. The van der Waals surface area contributed by atoms with Crippen LogP contribution in [-0.2, 0) is 6.54 Å². The summed E-state index contributed by atoms with van der Waals surface area (Å²) in [6.07, 6.45) is -0.0527. The minimum atomic E-state index is -0.0527. The molecular formula is C20H27ClIN3O3. The average Bonchev–Trinajstić information content (AvgIpc) is 2.67. The number of halogens is 2. The van der Waals surface area contributed by atoms with Crippen LogP contribution in [0.1, 0.15) is 12.5 Å². The molecule has 0 aliphatic rings. The molecule has 0 saturated heterocycles. The minimum absolute atomic E-state index is 0. The molecule has 1 unspecified atom stereocenters. The summed E-state index contributed by atoms with van der Waals surface area (Å²) < 4.78 is 16.4. The van der Waals surface area contributed by atoms with Crippen LogP contribution in [0.25, 0.3) is 0 Å². The van der Waals surface area contributed by atoms with Crippen molar-refractivity contribution in [3.63, 3.8) is 0 Å². The van der Waals surface area contributed by atoms with E-state index >= 15 is 0 Å². The molecule has 0 radical (unpaired) electrons. The fraction of sp³-hybridized carbons (Fsp3) is 0.350. The maximum Gasteiger partial charge on any atom is 0.191 e. The minimum Gasteiger partial charge on any atom is -0.493 e. The number of nitrogens with zero attached hydrogens (tertiary/aromatic N) is 1. The van der Waals surface area contributed by atoms with Crippen molar-refractivity contribution in [1.82, 2.24) is 10.6 Å². The van der Waals surface area contributed by atoms with Crippen LogP contribution in [0.3, 0.4) is 0 Å². The summed E-state index contributed by atoms with van der Waals surface area (Å²) in [4.78, 5) is 4.23. The Morgan fingerprint density at radius 3 is 2.46 bits per heavy atom. The molecular weight excluding hydrogens is 493 g/mol. The molecule has 0 aliphatic heterocycles. The predicted octanol–water partition coefficient (Wildman–Crippen LogP) is 4.11. The van der Waals surface area contributed by atoms with Crippen molar-refractivity contribution in [2.24, 2.45) is 4.99 Å². The van der Waals surface area contributed by atoms with E-state index in [1.807, 2.05) is 43.3 Å². The second kappa shape index (κ2) is 12.6. The zero-order valence-corrected chi connectivity index (χ0v) is 19.6. The van der Waals surface area contributed by atoms with Gasteiger partial charge in [0, 0.05) is 18.6 Å². The van der Waals surface area contributed by atoms with Gasteiger partial charge in [-0.3, -0.25) is 4.99 Å². The fourth-order valence-electron chi connectivity index (χ4n) is 2.45. The number of rotatable bonds is 8. The zero-order valence-electron chi connectivity index (χ0n) is 16.5. The molecule has 0 saturated carbocycles. The number of guanidine groups is 1. The fourth-order valence-corrected chi connectivity index (χ4v) is 2.63. The first-order valence-electron chi connectivity index (χ1n) is 8.63. The van der Waals surface area contributed by atoms with Crippen LogP contribution in [0.4, 0.5) is 0 Å². The van der Waals surface area contributed by atoms with Crippen LogP contribution in [0.15, 0.2) is 47.5 Å². The quantitative estimate of drug-likeness (QED) is 0.312. The molecule has 0 amide bonds. The number of ether oxygens (including phenoxy) is 3. The van der Waals surface area contributed by atoms with Gasteiger partial charge in [0.05, 0.1) is 20.8 Å². The highest BCUT2D eigenvalue weighted by molar-refractivity contribution is 14.0. The Labute approximate surface area is 188 Å². The highest BCUT2D eigenvalue weighted by atomic mass is 127. The highest BCUT2D eigenvalue weighted by Crippen LogP contribution is 2.27. The van der Waals surface area contributed by atoms with Gasteiger partial charge in [-0.05, 0) is 42.8 Å². The third kappa shape index (κ3) is 7.63. The van der Waals surface area contributed by atoms with Gasteiger partial charge in [-0.25, -0.2) is 0 Å². The Balaban J connectivity index is 0.00000392. The first kappa shape index (κ1) is 24.2. The molecule has 1 atom stereocenters. The Kier molecular flexibility index (Phi) is 10.8. The molecule has 0 aromatic heterocycles. The summed E-state index contributed by atoms with van der Waals surface area (Å²) in [7, 11) is 4.97. The normalized spacial score (nSPS) is 11.8. The van der Waals surface area contributed by atoms with Crippen LogP contribution in [-0.4, -0.2) is 39.9 Å². The summed E-state index contributed by atoms with van der Waals surface area (Å²) in [6, 6.07) is 13.1. The molecule has 2 aromatic carbocycles. The van der Waals surface area contributed by atoms with E-state index in [4.69, 9.17) is 25.8 Å². The van der Waals surface area contributed by atoms with E-state index in [-0.39, 0.29) is 30.1 Å². The van der Waals surface area contributed by atoms with Gasteiger partial charge in [0.1, 0.15) is 11.9 Å². The van der Waals surface area contributed by atoms with Crippen LogP contribution in [0, 0.1) is 0 Å². The Morgan fingerprint density at radius 1 is 1.07 bits per heavy atom. The predicted molar refractivity (Wildman–Crippen MR) is 125 cm³/mol. The smallest absolute Gasteiger partial charge is 0.191 e. The molecule has 0 heterocycles. The van der Waals surface area contributed by atoms with Crippen LogP contribution in [0.5, 0.6) is 17.2 Å². The topological polar surface area (TPSA) is 64.1 Å². The molecule has 0 bridgehead atoms. The van der Waals surface area contributed by atoms with Gasteiger partial charge in [-0.2, -0.15) is 0 Å². The summed E-state index contributed by atoms with van der Waals surface area (Å²) in [6.45, 7) is 3.18. The maximum absolute atomic E-state index is 5.98. The molecule has 2 rings (SSSR count).